The van der Waals surface area contributed by atoms with Crippen molar-refractivity contribution in [3.63, 3.8) is 0 Å². The first kappa shape index (κ1) is 14.4. The first-order valence-electron chi connectivity index (χ1n) is 5.47. The largest absolute Gasteiger partial charge is 0.381 e. The number of rotatable bonds is 2. The fraction of sp³-hybridized carbons (Fsp3) is 0.500. The van der Waals surface area contributed by atoms with Gasteiger partial charge in [-0.15, -0.1) is 12.4 Å². The Labute approximate surface area is 106 Å². The molecule has 5 heteroatoms. The smallest absolute Gasteiger partial charge is 0.128 e. The lowest BCUT2D eigenvalue weighted by molar-refractivity contribution is 0.0579. The van der Waals surface area contributed by atoms with Gasteiger partial charge in [0.15, 0.2) is 0 Å². The summed E-state index contributed by atoms with van der Waals surface area (Å²) in [6.07, 6.45) is 1.61. The molecule has 0 aromatic heterocycles. The van der Waals surface area contributed by atoms with E-state index in [0.29, 0.717) is 13.2 Å². The summed E-state index contributed by atoms with van der Waals surface area (Å²) in [5, 5.41) is 0. The second-order valence-electron chi connectivity index (χ2n) is 4.14. The van der Waals surface area contributed by atoms with E-state index in [1.165, 1.54) is 6.07 Å². The van der Waals surface area contributed by atoms with Crippen LogP contribution in [0.2, 0.25) is 0 Å². The van der Waals surface area contributed by atoms with Crippen LogP contribution < -0.4 is 5.73 Å². The summed E-state index contributed by atoms with van der Waals surface area (Å²) < 4.78 is 31.7. The highest BCUT2D eigenvalue weighted by atomic mass is 35.5. The van der Waals surface area contributed by atoms with Crippen LogP contribution in [0, 0.1) is 17.6 Å². The minimum Gasteiger partial charge on any atom is -0.381 e. The zero-order valence-electron chi connectivity index (χ0n) is 9.36. The van der Waals surface area contributed by atoms with Gasteiger partial charge < -0.3 is 10.5 Å². The molecule has 0 spiro atoms. The van der Waals surface area contributed by atoms with E-state index < -0.39 is 17.7 Å². The molecule has 0 radical (unpaired) electrons. The van der Waals surface area contributed by atoms with E-state index in [1.54, 1.807) is 0 Å². The average Bonchev–Trinajstić information content (AvgIpc) is 2.32. The lowest BCUT2D eigenvalue weighted by Gasteiger charge is -2.28. The predicted molar refractivity (Wildman–Crippen MR) is 64.1 cm³/mol. The van der Waals surface area contributed by atoms with E-state index >= 15 is 0 Å². The van der Waals surface area contributed by atoms with Crippen LogP contribution in [0.4, 0.5) is 8.78 Å². The van der Waals surface area contributed by atoms with Gasteiger partial charge in [0.1, 0.15) is 11.6 Å². The summed E-state index contributed by atoms with van der Waals surface area (Å²) >= 11 is 0. The van der Waals surface area contributed by atoms with Crippen LogP contribution >= 0.6 is 12.4 Å². The van der Waals surface area contributed by atoms with Crippen molar-refractivity contribution >= 4 is 12.4 Å². The van der Waals surface area contributed by atoms with Crippen LogP contribution in [-0.2, 0) is 4.74 Å². The standard InChI is InChI=1S/C12H15F2NO.ClH/c13-9-1-2-11(14)10(7-9)12(15)8-3-5-16-6-4-8;/h1-2,7-8,12H,3-6,15H2;1H/t12-;/m1./s1. The number of hydrogen-bond donors (Lipinski definition) is 1. The van der Waals surface area contributed by atoms with Crippen molar-refractivity contribution in [2.75, 3.05) is 13.2 Å². The molecule has 0 bridgehead atoms. The highest BCUT2D eigenvalue weighted by Crippen LogP contribution is 2.29. The Bertz CT molecular complexity index is 370. The van der Waals surface area contributed by atoms with E-state index in [9.17, 15) is 8.78 Å². The third kappa shape index (κ3) is 3.37. The highest BCUT2D eigenvalue weighted by molar-refractivity contribution is 5.85. The molecule has 2 rings (SSSR count). The maximum Gasteiger partial charge on any atom is 0.128 e. The van der Waals surface area contributed by atoms with Gasteiger partial charge in [-0.1, -0.05) is 0 Å². The fourth-order valence-electron chi connectivity index (χ4n) is 2.10. The molecule has 1 aliphatic rings. The summed E-state index contributed by atoms with van der Waals surface area (Å²) in [5.74, 6) is -0.704. The first-order valence-corrected chi connectivity index (χ1v) is 5.47. The number of nitrogens with two attached hydrogens (primary N) is 1. The molecule has 2 N–H and O–H groups in total. The summed E-state index contributed by atoms with van der Waals surface area (Å²) in [6.45, 7) is 1.30. The molecule has 0 saturated carbocycles. The van der Waals surface area contributed by atoms with Crippen molar-refractivity contribution in [1.82, 2.24) is 0 Å². The van der Waals surface area contributed by atoms with Crippen molar-refractivity contribution in [1.29, 1.82) is 0 Å². The highest BCUT2D eigenvalue weighted by Gasteiger charge is 2.24. The molecule has 1 atom stereocenters. The first-order chi connectivity index (χ1) is 7.68. The molecule has 0 amide bonds. The molecule has 17 heavy (non-hydrogen) atoms. The summed E-state index contributed by atoms with van der Waals surface area (Å²) in [7, 11) is 0. The van der Waals surface area contributed by atoms with Crippen molar-refractivity contribution in [2.45, 2.75) is 18.9 Å². The van der Waals surface area contributed by atoms with Gasteiger partial charge in [-0.25, -0.2) is 8.78 Å². The Balaban J connectivity index is 0.00000144. The Morgan fingerprint density at radius 1 is 1.24 bits per heavy atom. The molecule has 1 saturated heterocycles. The van der Waals surface area contributed by atoms with Gasteiger partial charge in [-0.3, -0.25) is 0 Å². The molecule has 96 valence electrons. The quantitative estimate of drug-likeness (QED) is 0.891. The van der Waals surface area contributed by atoms with Crippen molar-refractivity contribution in [2.24, 2.45) is 11.7 Å². The minimum absolute atomic E-state index is 0. The number of hydrogen-bond acceptors (Lipinski definition) is 2. The lowest BCUT2D eigenvalue weighted by atomic mass is 9.87. The van der Waals surface area contributed by atoms with E-state index in [2.05, 4.69) is 0 Å². The van der Waals surface area contributed by atoms with Gasteiger partial charge in [-0.2, -0.15) is 0 Å². The van der Waals surface area contributed by atoms with Gasteiger partial charge in [0.2, 0.25) is 0 Å². The van der Waals surface area contributed by atoms with E-state index in [0.717, 1.165) is 25.0 Å². The van der Waals surface area contributed by atoms with Crippen molar-refractivity contribution in [3.8, 4) is 0 Å². The zero-order chi connectivity index (χ0) is 11.5. The number of benzene rings is 1. The number of halogens is 3. The van der Waals surface area contributed by atoms with Crippen LogP contribution in [0.3, 0.4) is 0 Å². The second-order valence-corrected chi connectivity index (χ2v) is 4.14. The summed E-state index contributed by atoms with van der Waals surface area (Å²) in [6, 6.07) is 2.98. The Kier molecular flexibility index (Phi) is 5.31. The van der Waals surface area contributed by atoms with Crippen LogP contribution in [-0.4, -0.2) is 13.2 Å². The predicted octanol–water partition coefficient (Wildman–Crippen LogP) is 2.81. The van der Waals surface area contributed by atoms with Crippen molar-refractivity contribution < 1.29 is 13.5 Å². The van der Waals surface area contributed by atoms with Crippen LogP contribution in [0.5, 0.6) is 0 Å². The van der Waals surface area contributed by atoms with Crippen molar-refractivity contribution in [3.05, 3.63) is 35.4 Å². The Morgan fingerprint density at radius 3 is 2.53 bits per heavy atom. The molecule has 1 fully saturated rings. The van der Waals surface area contributed by atoms with E-state index in [-0.39, 0.29) is 23.9 Å². The summed E-state index contributed by atoms with van der Waals surface area (Å²) in [5.41, 5.74) is 6.25. The maximum absolute atomic E-state index is 13.5. The zero-order valence-corrected chi connectivity index (χ0v) is 10.2. The third-order valence-electron chi connectivity index (χ3n) is 3.09. The van der Waals surface area contributed by atoms with E-state index in [4.69, 9.17) is 10.5 Å². The lowest BCUT2D eigenvalue weighted by Crippen LogP contribution is -2.28. The molecular weight excluding hydrogens is 248 g/mol. The molecule has 1 heterocycles. The fourth-order valence-corrected chi connectivity index (χ4v) is 2.10. The summed E-state index contributed by atoms with van der Waals surface area (Å²) in [4.78, 5) is 0. The minimum atomic E-state index is -0.445. The van der Waals surface area contributed by atoms with Gasteiger partial charge in [0.25, 0.3) is 0 Å². The maximum atomic E-state index is 13.5. The Morgan fingerprint density at radius 2 is 1.88 bits per heavy atom. The molecule has 1 aromatic carbocycles. The number of ether oxygens (including phenoxy) is 1. The van der Waals surface area contributed by atoms with Gasteiger partial charge >= 0.3 is 0 Å². The van der Waals surface area contributed by atoms with Gasteiger partial charge in [-0.05, 0) is 37.0 Å². The second kappa shape index (κ2) is 6.28. The van der Waals surface area contributed by atoms with E-state index in [1.807, 2.05) is 0 Å². The SMILES string of the molecule is Cl.N[C@@H](c1cc(F)ccc1F)C1CCOCC1. The molecule has 1 aromatic rings. The molecule has 1 aliphatic heterocycles. The van der Waals surface area contributed by atoms with Crippen LogP contribution in [0.1, 0.15) is 24.4 Å². The normalized spacial score (nSPS) is 18.5. The van der Waals surface area contributed by atoms with Gasteiger partial charge in [0, 0.05) is 24.8 Å². The van der Waals surface area contributed by atoms with Crippen LogP contribution in [0.25, 0.3) is 0 Å². The molecular formula is C12H16ClF2NO. The van der Waals surface area contributed by atoms with Gasteiger partial charge in [0.05, 0.1) is 0 Å². The molecule has 0 unspecified atom stereocenters. The Hall–Kier alpha value is -0.710. The molecule has 0 aliphatic carbocycles. The monoisotopic (exact) mass is 263 g/mol. The topological polar surface area (TPSA) is 35.2 Å². The average molecular weight is 264 g/mol. The third-order valence-corrected chi connectivity index (χ3v) is 3.09. The molecule has 2 nitrogen and oxygen atoms in total. The van der Waals surface area contributed by atoms with Crippen LogP contribution in [0.15, 0.2) is 18.2 Å².